The van der Waals surface area contributed by atoms with Gasteiger partial charge in [0.15, 0.2) is 0 Å². The first-order valence-electron chi connectivity index (χ1n) is 11.3. The minimum Gasteiger partial charge on any atom is -0.550 e. The maximum atomic E-state index is 14.8. The highest BCUT2D eigenvalue weighted by atomic mass is 19.1. The van der Waals surface area contributed by atoms with Gasteiger partial charge in [-0.05, 0) is 47.1 Å². The van der Waals surface area contributed by atoms with Gasteiger partial charge in [-0.2, -0.15) is 0 Å². The highest BCUT2D eigenvalue weighted by molar-refractivity contribution is 5.64. The maximum absolute atomic E-state index is 14.8. The van der Waals surface area contributed by atoms with Crippen LogP contribution in [0.4, 0.5) is 4.39 Å². The van der Waals surface area contributed by atoms with E-state index in [1.165, 1.54) is 6.07 Å². The van der Waals surface area contributed by atoms with Crippen molar-refractivity contribution in [3.8, 4) is 0 Å². The Kier molecular flexibility index (Phi) is 9.17. The van der Waals surface area contributed by atoms with Gasteiger partial charge in [0.2, 0.25) is 0 Å². The van der Waals surface area contributed by atoms with E-state index < -0.39 is 30.0 Å². The average Bonchev–Trinajstić information content (AvgIpc) is 2.74. The molecule has 5 heteroatoms. The Bertz CT molecular complexity index is 931. The molecule has 0 aromatic heterocycles. The molecule has 32 heavy (non-hydrogen) atoms. The number of carboxylic acid groups (broad SMARTS) is 1. The molecule has 0 fully saturated rings. The number of carboxylic acids is 1. The van der Waals surface area contributed by atoms with Crippen LogP contribution in [0.15, 0.2) is 48.5 Å². The van der Waals surface area contributed by atoms with E-state index in [4.69, 9.17) is 0 Å². The zero-order valence-electron chi connectivity index (χ0n) is 19.3. The van der Waals surface area contributed by atoms with E-state index in [-0.39, 0.29) is 18.2 Å². The fourth-order valence-electron chi connectivity index (χ4n) is 4.42. The summed E-state index contributed by atoms with van der Waals surface area (Å²) in [5, 5.41) is 30.4. The van der Waals surface area contributed by atoms with Crippen LogP contribution in [0, 0.1) is 5.82 Å². The zero-order valence-corrected chi connectivity index (χ0v) is 19.3. The molecule has 0 saturated heterocycles. The summed E-state index contributed by atoms with van der Waals surface area (Å²) in [6.07, 6.45) is 2.12. The largest absolute Gasteiger partial charge is 0.550 e. The molecule has 0 aliphatic carbocycles. The number of aliphatic carboxylic acids is 1. The highest BCUT2D eigenvalue weighted by Gasteiger charge is 2.33. The van der Waals surface area contributed by atoms with Crippen molar-refractivity contribution in [2.75, 3.05) is 0 Å². The van der Waals surface area contributed by atoms with Crippen LogP contribution in [0.2, 0.25) is 0 Å². The predicted octanol–water partition coefficient (Wildman–Crippen LogP) is 4.32. The van der Waals surface area contributed by atoms with Crippen LogP contribution in [0.25, 0.3) is 6.08 Å². The first-order valence-corrected chi connectivity index (χ1v) is 11.3. The normalized spacial score (nSPS) is 14.1. The number of hydrogen-bond acceptors (Lipinski definition) is 4. The van der Waals surface area contributed by atoms with E-state index in [2.05, 4.69) is 33.8 Å². The molecular weight excluding hydrogens is 407 g/mol. The molecule has 2 rings (SSSR count). The minimum atomic E-state index is -1.35. The lowest BCUT2D eigenvalue weighted by Crippen LogP contribution is -2.29. The number of rotatable bonds is 11. The van der Waals surface area contributed by atoms with Gasteiger partial charge in [-0.25, -0.2) is 4.39 Å². The van der Waals surface area contributed by atoms with Gasteiger partial charge in [0.05, 0.1) is 12.2 Å². The van der Waals surface area contributed by atoms with Crippen LogP contribution < -0.4 is 5.11 Å². The maximum Gasteiger partial charge on any atom is 0.127 e. The Balaban J connectivity index is 2.40. The molecule has 2 N–H and O–H groups in total. The topological polar surface area (TPSA) is 80.6 Å². The van der Waals surface area contributed by atoms with Crippen molar-refractivity contribution in [2.45, 2.75) is 76.9 Å². The van der Waals surface area contributed by atoms with Crippen molar-refractivity contribution in [3.05, 3.63) is 76.6 Å². The van der Waals surface area contributed by atoms with Gasteiger partial charge in [0, 0.05) is 24.2 Å². The number of aliphatic hydroxyl groups excluding tert-OH is 2. The number of aliphatic hydroxyl groups is 2. The van der Waals surface area contributed by atoms with Crippen LogP contribution in [-0.2, 0) is 10.2 Å². The first kappa shape index (κ1) is 25.8. The average molecular weight is 442 g/mol. The van der Waals surface area contributed by atoms with Crippen molar-refractivity contribution in [3.63, 3.8) is 0 Å². The first-order chi connectivity index (χ1) is 15.1. The summed E-state index contributed by atoms with van der Waals surface area (Å²) in [6, 6.07) is 13.1. The molecule has 0 spiro atoms. The molecule has 4 nitrogen and oxygen atoms in total. The van der Waals surface area contributed by atoms with E-state index in [0.29, 0.717) is 5.56 Å². The summed E-state index contributed by atoms with van der Waals surface area (Å²) in [5.41, 5.74) is 3.31. The molecule has 2 aromatic rings. The standard InChI is InChI=1S/C27H35FO4/c1-5-27(6-2,24-9-7-8-10-25(24)28)20-13-11-19(23(15-20)18(3)4)12-14-21(29)16-22(30)17-26(31)32/h7-15,18,21-22,29-30H,5-6,16-17H2,1-4H3,(H,31,32)/p-1/b14-12+/t21-,22-/m1/s1. The highest BCUT2D eigenvalue weighted by Crippen LogP contribution is 2.41. The van der Waals surface area contributed by atoms with Crippen molar-refractivity contribution in [1.29, 1.82) is 0 Å². The van der Waals surface area contributed by atoms with Crippen LogP contribution in [-0.4, -0.2) is 28.4 Å². The summed E-state index contributed by atoms with van der Waals surface area (Å²) in [7, 11) is 0. The van der Waals surface area contributed by atoms with Crippen molar-refractivity contribution in [1.82, 2.24) is 0 Å². The Morgan fingerprint density at radius 2 is 1.78 bits per heavy atom. The minimum absolute atomic E-state index is 0.0817. The fourth-order valence-corrected chi connectivity index (χ4v) is 4.42. The molecule has 2 atom stereocenters. The third kappa shape index (κ3) is 6.05. The Labute approximate surface area is 190 Å². The third-order valence-electron chi connectivity index (χ3n) is 6.27. The second-order valence-electron chi connectivity index (χ2n) is 8.66. The van der Waals surface area contributed by atoms with Crippen LogP contribution in [0.3, 0.4) is 0 Å². The van der Waals surface area contributed by atoms with Gasteiger partial charge in [-0.15, -0.1) is 0 Å². The van der Waals surface area contributed by atoms with Crippen LogP contribution in [0.5, 0.6) is 0 Å². The van der Waals surface area contributed by atoms with Crippen LogP contribution in [0.1, 0.15) is 81.5 Å². The number of carbonyl (C=O) groups is 1. The number of carbonyl (C=O) groups excluding carboxylic acids is 1. The molecule has 2 aromatic carbocycles. The molecule has 0 heterocycles. The lowest BCUT2D eigenvalue weighted by Gasteiger charge is -2.34. The summed E-state index contributed by atoms with van der Waals surface area (Å²) >= 11 is 0. The molecule has 0 amide bonds. The van der Waals surface area contributed by atoms with E-state index in [9.17, 15) is 24.5 Å². The van der Waals surface area contributed by atoms with Gasteiger partial charge in [0.25, 0.3) is 0 Å². The summed E-state index contributed by atoms with van der Waals surface area (Å²) in [5.74, 6) is -1.36. The monoisotopic (exact) mass is 441 g/mol. The lowest BCUT2D eigenvalue weighted by molar-refractivity contribution is -0.307. The van der Waals surface area contributed by atoms with E-state index in [1.54, 1.807) is 18.2 Å². The van der Waals surface area contributed by atoms with Crippen molar-refractivity contribution in [2.24, 2.45) is 0 Å². The molecular formula is C27H34FO4-. The van der Waals surface area contributed by atoms with E-state index in [0.717, 1.165) is 29.5 Å². The number of hydrogen-bond donors (Lipinski definition) is 2. The molecule has 0 radical (unpaired) electrons. The van der Waals surface area contributed by atoms with Crippen molar-refractivity contribution < 1.29 is 24.5 Å². The van der Waals surface area contributed by atoms with Gasteiger partial charge >= 0.3 is 0 Å². The summed E-state index contributed by atoms with van der Waals surface area (Å²) in [4.78, 5) is 10.6. The van der Waals surface area contributed by atoms with Crippen molar-refractivity contribution >= 4 is 12.0 Å². The third-order valence-corrected chi connectivity index (χ3v) is 6.27. The Morgan fingerprint density at radius 3 is 2.34 bits per heavy atom. The van der Waals surface area contributed by atoms with Gasteiger partial charge in [-0.3, -0.25) is 0 Å². The molecule has 0 aliphatic rings. The second kappa shape index (κ2) is 11.4. The molecule has 0 unspecified atom stereocenters. The number of halogens is 1. The summed E-state index contributed by atoms with van der Waals surface area (Å²) in [6.45, 7) is 8.32. The zero-order chi connectivity index (χ0) is 23.9. The quantitative estimate of drug-likeness (QED) is 0.544. The van der Waals surface area contributed by atoms with Crippen LogP contribution >= 0.6 is 0 Å². The molecule has 0 saturated carbocycles. The number of benzene rings is 2. The Morgan fingerprint density at radius 1 is 1.12 bits per heavy atom. The van der Waals surface area contributed by atoms with Gasteiger partial charge in [-0.1, -0.05) is 76.2 Å². The SMILES string of the molecule is CCC(CC)(c1ccc(/C=C/[C@@H](O)C[C@@H](O)CC(=O)[O-])c(C(C)C)c1)c1ccccc1F. The van der Waals surface area contributed by atoms with Gasteiger partial charge in [0.1, 0.15) is 5.82 Å². The smallest absolute Gasteiger partial charge is 0.127 e. The summed E-state index contributed by atoms with van der Waals surface area (Å²) < 4.78 is 14.8. The predicted molar refractivity (Wildman–Crippen MR) is 124 cm³/mol. The Hall–Kier alpha value is -2.50. The second-order valence-corrected chi connectivity index (χ2v) is 8.66. The molecule has 0 aliphatic heterocycles. The lowest BCUT2D eigenvalue weighted by atomic mass is 9.69. The molecule has 174 valence electrons. The van der Waals surface area contributed by atoms with Gasteiger partial charge < -0.3 is 20.1 Å². The van der Waals surface area contributed by atoms with E-state index >= 15 is 0 Å². The molecule has 0 bridgehead atoms. The van der Waals surface area contributed by atoms with E-state index in [1.807, 2.05) is 24.3 Å². The fraction of sp³-hybridized carbons (Fsp3) is 0.444.